The minimum absolute atomic E-state index is 0.453. The van der Waals surface area contributed by atoms with Gasteiger partial charge >= 0.3 is 11.9 Å². The molecule has 0 saturated heterocycles. The van der Waals surface area contributed by atoms with Crippen molar-refractivity contribution in [2.75, 3.05) is 0 Å². The van der Waals surface area contributed by atoms with Gasteiger partial charge in [0, 0.05) is 0 Å². The van der Waals surface area contributed by atoms with Gasteiger partial charge in [-0.25, -0.2) is 0 Å². The van der Waals surface area contributed by atoms with E-state index in [-0.39, 0.29) is 0 Å². The van der Waals surface area contributed by atoms with Crippen LogP contribution in [-0.4, -0.2) is 22.2 Å². The maximum atomic E-state index is 11.3. The van der Waals surface area contributed by atoms with E-state index in [1.165, 1.54) is 22.3 Å². The van der Waals surface area contributed by atoms with Gasteiger partial charge < -0.3 is 10.2 Å². The molecule has 26 heavy (non-hydrogen) atoms. The SMILES string of the molecule is Cc1ccc(CCCC2(C(=O)O)CC2)c(CCCC(C)(C)C(=O)O)c1C. The highest BCUT2D eigenvalue weighted by Crippen LogP contribution is 2.50. The average molecular weight is 360 g/mol. The molecule has 0 heterocycles. The van der Waals surface area contributed by atoms with Crippen molar-refractivity contribution in [3.05, 3.63) is 34.4 Å². The Morgan fingerprint density at radius 2 is 1.73 bits per heavy atom. The van der Waals surface area contributed by atoms with Crippen LogP contribution < -0.4 is 0 Å². The second kappa shape index (κ2) is 7.81. The number of carboxylic acid groups (broad SMARTS) is 2. The van der Waals surface area contributed by atoms with E-state index in [4.69, 9.17) is 0 Å². The van der Waals surface area contributed by atoms with Gasteiger partial charge in [0.05, 0.1) is 10.8 Å². The molecule has 144 valence electrons. The highest BCUT2D eigenvalue weighted by molar-refractivity contribution is 5.77. The van der Waals surface area contributed by atoms with E-state index >= 15 is 0 Å². The van der Waals surface area contributed by atoms with Gasteiger partial charge in [-0.05, 0) is 101 Å². The number of hydrogen-bond acceptors (Lipinski definition) is 2. The average Bonchev–Trinajstić information content (AvgIpc) is 3.34. The van der Waals surface area contributed by atoms with Crippen LogP contribution >= 0.6 is 0 Å². The lowest BCUT2D eigenvalue weighted by molar-refractivity contribution is -0.147. The summed E-state index contributed by atoms with van der Waals surface area (Å²) in [7, 11) is 0. The van der Waals surface area contributed by atoms with Gasteiger partial charge in [-0.2, -0.15) is 0 Å². The van der Waals surface area contributed by atoms with Crippen molar-refractivity contribution in [1.82, 2.24) is 0 Å². The first-order valence-electron chi connectivity index (χ1n) is 9.64. The molecule has 0 amide bonds. The van der Waals surface area contributed by atoms with Crippen molar-refractivity contribution in [1.29, 1.82) is 0 Å². The van der Waals surface area contributed by atoms with Gasteiger partial charge in [0.1, 0.15) is 0 Å². The lowest BCUT2D eigenvalue weighted by Crippen LogP contribution is -2.23. The molecule has 4 nitrogen and oxygen atoms in total. The van der Waals surface area contributed by atoms with Crippen molar-refractivity contribution in [3.8, 4) is 0 Å². The number of carbonyl (C=O) groups is 2. The van der Waals surface area contributed by atoms with E-state index in [9.17, 15) is 19.8 Å². The molecule has 0 atom stereocenters. The summed E-state index contributed by atoms with van der Waals surface area (Å²) >= 11 is 0. The van der Waals surface area contributed by atoms with E-state index in [0.717, 1.165) is 44.9 Å². The maximum Gasteiger partial charge on any atom is 0.309 e. The van der Waals surface area contributed by atoms with Crippen LogP contribution in [-0.2, 0) is 22.4 Å². The van der Waals surface area contributed by atoms with E-state index in [2.05, 4.69) is 26.0 Å². The van der Waals surface area contributed by atoms with Crippen LogP contribution in [0.2, 0.25) is 0 Å². The van der Waals surface area contributed by atoms with Crippen molar-refractivity contribution in [3.63, 3.8) is 0 Å². The van der Waals surface area contributed by atoms with Crippen molar-refractivity contribution in [2.45, 2.75) is 79.1 Å². The number of aliphatic carboxylic acids is 2. The summed E-state index contributed by atoms with van der Waals surface area (Å²) in [6.45, 7) is 7.80. The fourth-order valence-electron chi connectivity index (χ4n) is 3.67. The zero-order valence-electron chi connectivity index (χ0n) is 16.5. The maximum absolute atomic E-state index is 11.3. The topological polar surface area (TPSA) is 74.6 Å². The first-order chi connectivity index (χ1) is 12.1. The monoisotopic (exact) mass is 360 g/mol. The van der Waals surface area contributed by atoms with Crippen molar-refractivity contribution < 1.29 is 19.8 Å². The number of rotatable bonds is 10. The van der Waals surface area contributed by atoms with E-state index < -0.39 is 22.8 Å². The summed E-state index contributed by atoms with van der Waals surface area (Å²) in [6, 6.07) is 4.31. The van der Waals surface area contributed by atoms with E-state index in [1.807, 2.05) is 0 Å². The molecule has 1 aliphatic carbocycles. The lowest BCUT2D eigenvalue weighted by Gasteiger charge is -2.20. The third-order valence-electron chi connectivity index (χ3n) is 6.18. The van der Waals surface area contributed by atoms with Crippen LogP contribution in [0.5, 0.6) is 0 Å². The minimum atomic E-state index is -0.748. The number of benzene rings is 1. The molecular weight excluding hydrogens is 328 g/mol. The Labute approximate surface area is 156 Å². The summed E-state index contributed by atoms with van der Waals surface area (Å²) in [4.78, 5) is 22.6. The van der Waals surface area contributed by atoms with Crippen molar-refractivity contribution >= 4 is 11.9 Å². The summed E-state index contributed by atoms with van der Waals surface area (Å²) in [5.74, 6) is -1.39. The predicted octanol–water partition coefficient (Wildman–Crippen LogP) is 4.92. The molecule has 2 N–H and O–H groups in total. The second-order valence-corrected chi connectivity index (χ2v) is 8.63. The number of aryl methyl sites for hydroxylation is 2. The highest BCUT2D eigenvalue weighted by Gasteiger charge is 2.49. The molecule has 0 radical (unpaired) electrons. The lowest BCUT2D eigenvalue weighted by atomic mass is 9.84. The Morgan fingerprint density at radius 3 is 2.27 bits per heavy atom. The Kier molecular flexibility index (Phi) is 6.15. The summed E-state index contributed by atoms with van der Waals surface area (Å²) < 4.78 is 0. The first kappa shape index (κ1) is 20.5. The smallest absolute Gasteiger partial charge is 0.309 e. The zero-order valence-corrected chi connectivity index (χ0v) is 16.5. The van der Waals surface area contributed by atoms with Gasteiger partial charge in [-0.15, -0.1) is 0 Å². The van der Waals surface area contributed by atoms with Crippen LogP contribution in [0, 0.1) is 24.7 Å². The van der Waals surface area contributed by atoms with Crippen LogP contribution in [0.15, 0.2) is 12.1 Å². The van der Waals surface area contributed by atoms with Crippen LogP contribution in [0.4, 0.5) is 0 Å². The molecule has 0 bridgehead atoms. The molecule has 1 saturated carbocycles. The van der Waals surface area contributed by atoms with Gasteiger partial charge in [-0.3, -0.25) is 9.59 Å². The van der Waals surface area contributed by atoms with Crippen LogP contribution in [0.25, 0.3) is 0 Å². The van der Waals surface area contributed by atoms with E-state index in [0.29, 0.717) is 6.42 Å². The zero-order chi connectivity index (χ0) is 19.5. The highest BCUT2D eigenvalue weighted by atomic mass is 16.4. The summed E-state index contributed by atoms with van der Waals surface area (Å²) in [6.07, 6.45) is 6.53. The molecule has 0 spiro atoms. The second-order valence-electron chi connectivity index (χ2n) is 8.63. The molecule has 2 rings (SSSR count). The fourth-order valence-corrected chi connectivity index (χ4v) is 3.67. The summed E-state index contributed by atoms with van der Waals surface area (Å²) in [5.41, 5.74) is 4.01. The fraction of sp³-hybridized carbons (Fsp3) is 0.636. The number of carboxylic acids is 2. The summed E-state index contributed by atoms with van der Waals surface area (Å²) in [5, 5.41) is 18.6. The third-order valence-corrected chi connectivity index (χ3v) is 6.18. The van der Waals surface area contributed by atoms with Gasteiger partial charge in [0.2, 0.25) is 0 Å². The van der Waals surface area contributed by atoms with Crippen molar-refractivity contribution in [2.24, 2.45) is 10.8 Å². The van der Waals surface area contributed by atoms with E-state index in [1.54, 1.807) is 13.8 Å². The molecule has 1 aromatic carbocycles. The normalized spacial score (nSPS) is 15.7. The largest absolute Gasteiger partial charge is 0.481 e. The standard InChI is InChI=1S/C22H32O4/c1-15-9-10-17(7-5-12-22(13-14-22)20(25)26)18(16(15)2)8-6-11-21(3,4)19(23)24/h9-10H,5-8,11-14H2,1-4H3,(H,23,24)(H,25,26). The molecule has 0 unspecified atom stereocenters. The van der Waals surface area contributed by atoms with Gasteiger partial charge in [-0.1, -0.05) is 12.1 Å². The minimum Gasteiger partial charge on any atom is -0.481 e. The number of hydrogen-bond donors (Lipinski definition) is 2. The molecule has 4 heteroatoms. The Bertz CT molecular complexity index is 684. The quantitative estimate of drug-likeness (QED) is 0.621. The molecule has 0 aliphatic heterocycles. The Hall–Kier alpha value is -1.84. The molecular formula is C22H32O4. The Balaban J connectivity index is 2.01. The van der Waals surface area contributed by atoms with Crippen LogP contribution in [0.3, 0.4) is 0 Å². The van der Waals surface area contributed by atoms with Gasteiger partial charge in [0.15, 0.2) is 0 Å². The third kappa shape index (κ3) is 4.66. The molecule has 1 aliphatic rings. The Morgan fingerprint density at radius 1 is 1.08 bits per heavy atom. The molecule has 1 fully saturated rings. The van der Waals surface area contributed by atoms with Crippen LogP contribution in [0.1, 0.15) is 74.6 Å². The predicted molar refractivity (Wildman–Crippen MR) is 103 cm³/mol. The molecule has 1 aromatic rings. The molecule has 0 aromatic heterocycles. The van der Waals surface area contributed by atoms with Gasteiger partial charge in [0.25, 0.3) is 0 Å². The first-order valence-corrected chi connectivity index (χ1v) is 9.64.